The van der Waals surface area contributed by atoms with Crippen molar-refractivity contribution in [3.63, 3.8) is 0 Å². The lowest BCUT2D eigenvalue weighted by atomic mass is 10.2. The Morgan fingerprint density at radius 1 is 1.06 bits per heavy atom. The van der Waals surface area contributed by atoms with Gasteiger partial charge in [0.1, 0.15) is 5.75 Å². The Morgan fingerprint density at radius 3 is 2.59 bits per heavy atom. The molecule has 0 atom stereocenters. The monoisotopic (exact) mass is 244 g/mol. The van der Waals surface area contributed by atoms with Crippen molar-refractivity contribution in [1.29, 1.82) is 0 Å². The van der Waals surface area contributed by atoms with Crippen LogP contribution in [0.2, 0.25) is 0 Å². The van der Waals surface area contributed by atoms with E-state index in [1.54, 1.807) is 35.6 Å². The van der Waals surface area contributed by atoms with Gasteiger partial charge in [-0.15, -0.1) is 0 Å². The van der Waals surface area contributed by atoms with Gasteiger partial charge >= 0.3 is 0 Å². The smallest absolute Gasteiger partial charge is 0.258 e. The SMILES string of the molecule is Oc1ccc(-c2nc(-c3ccsc3)no2)cc1. The minimum absolute atomic E-state index is 0.214. The van der Waals surface area contributed by atoms with Crippen LogP contribution in [0.4, 0.5) is 0 Å². The fourth-order valence-electron chi connectivity index (χ4n) is 1.45. The summed E-state index contributed by atoms with van der Waals surface area (Å²) in [5.41, 5.74) is 1.74. The molecule has 2 heterocycles. The highest BCUT2D eigenvalue weighted by Gasteiger charge is 2.10. The molecule has 17 heavy (non-hydrogen) atoms. The molecule has 0 saturated carbocycles. The van der Waals surface area contributed by atoms with Gasteiger partial charge in [0.05, 0.1) is 0 Å². The van der Waals surface area contributed by atoms with Crippen molar-refractivity contribution in [3.05, 3.63) is 41.1 Å². The Bertz CT molecular complexity index is 614. The molecule has 84 valence electrons. The zero-order chi connectivity index (χ0) is 11.7. The fourth-order valence-corrected chi connectivity index (χ4v) is 2.09. The van der Waals surface area contributed by atoms with Crippen molar-refractivity contribution in [3.8, 4) is 28.6 Å². The van der Waals surface area contributed by atoms with Crippen molar-refractivity contribution in [2.75, 3.05) is 0 Å². The molecule has 0 radical (unpaired) electrons. The van der Waals surface area contributed by atoms with E-state index in [0.29, 0.717) is 11.7 Å². The first-order chi connectivity index (χ1) is 8.33. The lowest BCUT2D eigenvalue weighted by Gasteiger charge is -1.93. The number of hydrogen-bond donors (Lipinski definition) is 1. The normalized spacial score (nSPS) is 10.6. The summed E-state index contributed by atoms with van der Waals surface area (Å²) >= 11 is 1.59. The van der Waals surface area contributed by atoms with E-state index in [1.807, 2.05) is 16.8 Å². The highest BCUT2D eigenvalue weighted by atomic mass is 32.1. The van der Waals surface area contributed by atoms with E-state index in [2.05, 4.69) is 10.1 Å². The minimum atomic E-state index is 0.214. The number of rotatable bonds is 2. The molecule has 0 aliphatic heterocycles. The van der Waals surface area contributed by atoms with Gasteiger partial charge in [-0.2, -0.15) is 16.3 Å². The zero-order valence-corrected chi connectivity index (χ0v) is 9.52. The van der Waals surface area contributed by atoms with Gasteiger partial charge in [-0.3, -0.25) is 0 Å². The summed E-state index contributed by atoms with van der Waals surface area (Å²) in [5.74, 6) is 1.24. The summed E-state index contributed by atoms with van der Waals surface area (Å²) < 4.78 is 5.18. The predicted molar refractivity (Wildman–Crippen MR) is 64.7 cm³/mol. The zero-order valence-electron chi connectivity index (χ0n) is 8.70. The molecule has 0 unspecified atom stereocenters. The maximum absolute atomic E-state index is 9.19. The van der Waals surface area contributed by atoms with Gasteiger partial charge in [0.15, 0.2) is 0 Å². The second-order valence-electron chi connectivity index (χ2n) is 3.48. The number of phenolic OH excluding ortho intramolecular Hbond substituents is 1. The molecule has 3 aromatic rings. The maximum Gasteiger partial charge on any atom is 0.258 e. The van der Waals surface area contributed by atoms with Crippen LogP contribution in [0, 0.1) is 0 Å². The first-order valence-electron chi connectivity index (χ1n) is 4.98. The number of benzene rings is 1. The largest absolute Gasteiger partial charge is 0.508 e. The van der Waals surface area contributed by atoms with Crippen molar-refractivity contribution in [2.45, 2.75) is 0 Å². The van der Waals surface area contributed by atoms with Crippen LogP contribution in [0.1, 0.15) is 0 Å². The van der Waals surface area contributed by atoms with E-state index in [9.17, 15) is 5.11 Å². The topological polar surface area (TPSA) is 59.2 Å². The molecule has 1 N–H and O–H groups in total. The molecule has 0 amide bonds. The molecule has 0 aliphatic carbocycles. The van der Waals surface area contributed by atoms with Crippen LogP contribution in [0.5, 0.6) is 5.75 Å². The Labute approximate surface area is 101 Å². The Balaban J connectivity index is 1.98. The van der Waals surface area contributed by atoms with E-state index >= 15 is 0 Å². The molecule has 5 heteroatoms. The summed E-state index contributed by atoms with van der Waals surface area (Å²) in [6, 6.07) is 8.59. The maximum atomic E-state index is 9.19. The first kappa shape index (κ1) is 10.0. The average molecular weight is 244 g/mol. The summed E-state index contributed by atoms with van der Waals surface area (Å²) in [6.45, 7) is 0. The summed E-state index contributed by atoms with van der Waals surface area (Å²) in [5, 5.41) is 17.0. The van der Waals surface area contributed by atoms with Gasteiger partial charge in [0, 0.05) is 16.5 Å². The van der Waals surface area contributed by atoms with Crippen LogP contribution in [-0.4, -0.2) is 15.2 Å². The average Bonchev–Trinajstić information content (AvgIpc) is 3.00. The molecule has 0 fully saturated rings. The van der Waals surface area contributed by atoms with Gasteiger partial charge in [-0.05, 0) is 35.7 Å². The molecule has 0 aliphatic rings. The third-order valence-electron chi connectivity index (χ3n) is 2.32. The summed E-state index contributed by atoms with van der Waals surface area (Å²) in [4.78, 5) is 4.30. The lowest BCUT2D eigenvalue weighted by molar-refractivity contribution is 0.432. The van der Waals surface area contributed by atoms with Crippen molar-refractivity contribution in [2.24, 2.45) is 0 Å². The first-order valence-corrected chi connectivity index (χ1v) is 5.93. The van der Waals surface area contributed by atoms with Crippen LogP contribution in [-0.2, 0) is 0 Å². The Hall–Kier alpha value is -2.14. The Morgan fingerprint density at radius 2 is 1.88 bits per heavy atom. The number of nitrogens with zero attached hydrogens (tertiary/aromatic N) is 2. The highest BCUT2D eigenvalue weighted by molar-refractivity contribution is 7.08. The second kappa shape index (κ2) is 4.03. The van der Waals surface area contributed by atoms with E-state index in [0.717, 1.165) is 11.1 Å². The minimum Gasteiger partial charge on any atom is -0.508 e. The van der Waals surface area contributed by atoms with Crippen molar-refractivity contribution in [1.82, 2.24) is 10.1 Å². The number of thiophene rings is 1. The second-order valence-corrected chi connectivity index (χ2v) is 4.26. The molecule has 0 bridgehead atoms. The van der Waals surface area contributed by atoms with Gasteiger partial charge in [-0.25, -0.2) is 0 Å². The van der Waals surface area contributed by atoms with Gasteiger partial charge in [0.25, 0.3) is 5.89 Å². The lowest BCUT2D eigenvalue weighted by Crippen LogP contribution is -1.78. The van der Waals surface area contributed by atoms with Crippen molar-refractivity contribution < 1.29 is 9.63 Å². The van der Waals surface area contributed by atoms with Crippen molar-refractivity contribution >= 4 is 11.3 Å². The van der Waals surface area contributed by atoms with Crippen LogP contribution in [0.15, 0.2) is 45.6 Å². The molecule has 0 spiro atoms. The fraction of sp³-hybridized carbons (Fsp3) is 0. The van der Waals surface area contributed by atoms with E-state index < -0.39 is 0 Å². The van der Waals surface area contributed by atoms with Gasteiger partial charge in [0.2, 0.25) is 5.82 Å². The third-order valence-corrected chi connectivity index (χ3v) is 3.00. The molecule has 2 aromatic heterocycles. The van der Waals surface area contributed by atoms with Gasteiger partial charge in [-0.1, -0.05) is 5.16 Å². The standard InChI is InChI=1S/C12H8N2O2S/c15-10-3-1-8(2-4-10)12-13-11(14-16-12)9-5-6-17-7-9/h1-7,15H. The number of hydrogen-bond acceptors (Lipinski definition) is 5. The third kappa shape index (κ3) is 1.92. The van der Waals surface area contributed by atoms with E-state index in [1.165, 1.54) is 0 Å². The molecule has 0 saturated heterocycles. The summed E-state index contributed by atoms with van der Waals surface area (Å²) in [7, 11) is 0. The molecule has 4 nitrogen and oxygen atoms in total. The molecule has 1 aromatic carbocycles. The van der Waals surface area contributed by atoms with Crippen LogP contribution in [0.3, 0.4) is 0 Å². The van der Waals surface area contributed by atoms with Crippen LogP contribution >= 0.6 is 11.3 Å². The molecular weight excluding hydrogens is 236 g/mol. The highest BCUT2D eigenvalue weighted by Crippen LogP contribution is 2.24. The van der Waals surface area contributed by atoms with Gasteiger partial charge < -0.3 is 9.63 Å². The predicted octanol–water partition coefficient (Wildman–Crippen LogP) is 3.17. The number of aromatic hydroxyl groups is 1. The number of aromatic nitrogens is 2. The Kier molecular flexibility index (Phi) is 2.38. The molecule has 3 rings (SSSR count). The van der Waals surface area contributed by atoms with Crippen LogP contribution in [0.25, 0.3) is 22.8 Å². The van der Waals surface area contributed by atoms with Crippen LogP contribution < -0.4 is 0 Å². The summed E-state index contributed by atoms with van der Waals surface area (Å²) in [6.07, 6.45) is 0. The quantitative estimate of drug-likeness (QED) is 0.752. The van der Waals surface area contributed by atoms with E-state index in [-0.39, 0.29) is 5.75 Å². The van der Waals surface area contributed by atoms with E-state index in [4.69, 9.17) is 4.52 Å². The number of phenols is 1. The molecular formula is C12H8N2O2S.